The van der Waals surface area contributed by atoms with E-state index >= 15 is 0 Å². The highest BCUT2D eigenvalue weighted by atomic mass is 32.2. The Bertz CT molecular complexity index is 505. The van der Waals surface area contributed by atoms with Crippen LogP contribution in [0.1, 0.15) is 25.1 Å². The van der Waals surface area contributed by atoms with Crippen LogP contribution in [0, 0.1) is 6.92 Å². The van der Waals surface area contributed by atoms with Gasteiger partial charge in [0.05, 0.1) is 12.5 Å². The molecule has 1 aromatic rings. The summed E-state index contributed by atoms with van der Waals surface area (Å²) < 4.78 is 31.1. The second-order valence-corrected chi connectivity index (χ2v) is 7.33. The molecule has 0 atom stereocenters. The lowest BCUT2D eigenvalue weighted by atomic mass is 10.4. The number of aryl methyl sites for hydroxylation is 1. The maximum absolute atomic E-state index is 11.8. The molecule has 0 bridgehead atoms. The van der Waals surface area contributed by atoms with Crippen LogP contribution in [-0.2, 0) is 19.6 Å². The van der Waals surface area contributed by atoms with E-state index in [1.54, 1.807) is 26.0 Å². The largest absolute Gasteiger partial charge is 0.463 e. The van der Waals surface area contributed by atoms with Gasteiger partial charge in [0.1, 0.15) is 4.21 Å². The van der Waals surface area contributed by atoms with Crippen LogP contribution in [0.3, 0.4) is 0 Å². The quantitative estimate of drug-likeness (QED) is 0.809. The predicted molar refractivity (Wildman–Crippen MR) is 70.1 cm³/mol. The van der Waals surface area contributed by atoms with Gasteiger partial charge in [-0.1, -0.05) is 0 Å². The number of thiophene rings is 1. The van der Waals surface area contributed by atoms with E-state index in [0.717, 1.165) is 4.88 Å². The van der Waals surface area contributed by atoms with Crippen molar-refractivity contribution in [3.05, 3.63) is 17.0 Å². The smallest absolute Gasteiger partial charge is 0.307 e. The number of esters is 1. The first kappa shape index (κ1) is 15.1. The highest BCUT2D eigenvalue weighted by Gasteiger charge is 2.16. The van der Waals surface area contributed by atoms with Gasteiger partial charge in [-0.2, -0.15) is 0 Å². The summed E-state index contributed by atoms with van der Waals surface area (Å²) in [6.45, 7) is 5.38. The molecule has 0 aliphatic rings. The van der Waals surface area contributed by atoms with Crippen molar-refractivity contribution in [1.82, 2.24) is 4.72 Å². The van der Waals surface area contributed by atoms with Gasteiger partial charge in [-0.15, -0.1) is 11.3 Å². The van der Waals surface area contributed by atoms with Gasteiger partial charge in [0, 0.05) is 11.4 Å². The molecule has 1 aromatic heterocycles. The minimum absolute atomic E-state index is 0.0295. The molecule has 0 fully saturated rings. The lowest BCUT2D eigenvalue weighted by molar-refractivity contribution is -0.147. The van der Waals surface area contributed by atoms with E-state index in [2.05, 4.69) is 4.72 Å². The van der Waals surface area contributed by atoms with E-state index in [1.165, 1.54) is 11.3 Å². The van der Waals surface area contributed by atoms with Crippen molar-refractivity contribution < 1.29 is 17.9 Å². The van der Waals surface area contributed by atoms with Crippen molar-refractivity contribution in [1.29, 1.82) is 0 Å². The summed E-state index contributed by atoms with van der Waals surface area (Å²) in [6.07, 6.45) is -0.157. The molecule has 0 unspecified atom stereocenters. The van der Waals surface area contributed by atoms with Crippen LogP contribution in [0.4, 0.5) is 0 Å². The molecule has 0 spiro atoms. The molecule has 0 saturated carbocycles. The third-order valence-corrected chi connectivity index (χ3v) is 4.92. The summed E-state index contributed by atoms with van der Waals surface area (Å²) in [5, 5.41) is 0. The van der Waals surface area contributed by atoms with Gasteiger partial charge in [0.2, 0.25) is 10.0 Å². The normalized spacial score (nSPS) is 11.8. The number of nitrogens with one attached hydrogen (secondary N) is 1. The van der Waals surface area contributed by atoms with Crippen molar-refractivity contribution in [3.63, 3.8) is 0 Å². The molecule has 1 N–H and O–H groups in total. The minimum Gasteiger partial charge on any atom is -0.463 e. The van der Waals surface area contributed by atoms with Crippen LogP contribution >= 0.6 is 11.3 Å². The molecule has 5 nitrogen and oxygen atoms in total. The van der Waals surface area contributed by atoms with Crippen LogP contribution in [-0.4, -0.2) is 27.0 Å². The Morgan fingerprint density at radius 3 is 2.61 bits per heavy atom. The number of carbonyl (C=O) groups excluding carboxylic acids is 1. The van der Waals surface area contributed by atoms with E-state index in [4.69, 9.17) is 4.74 Å². The Hall–Kier alpha value is -0.920. The van der Waals surface area contributed by atoms with Gasteiger partial charge in [0.25, 0.3) is 0 Å². The summed E-state index contributed by atoms with van der Waals surface area (Å²) in [4.78, 5) is 12.2. The Labute approximate surface area is 111 Å². The second-order valence-electron chi connectivity index (χ2n) is 4.05. The second kappa shape index (κ2) is 6.31. The van der Waals surface area contributed by atoms with Crippen LogP contribution in [0.25, 0.3) is 0 Å². The van der Waals surface area contributed by atoms with Crippen LogP contribution in [0.5, 0.6) is 0 Å². The van der Waals surface area contributed by atoms with Gasteiger partial charge in [-0.25, -0.2) is 13.1 Å². The van der Waals surface area contributed by atoms with Crippen molar-refractivity contribution in [2.75, 3.05) is 6.54 Å². The number of ether oxygens (including phenoxy) is 1. The molecular formula is C11H17NO4S2. The summed E-state index contributed by atoms with van der Waals surface area (Å²) in [6, 6.07) is 3.29. The van der Waals surface area contributed by atoms with Crippen molar-refractivity contribution in [2.24, 2.45) is 0 Å². The Morgan fingerprint density at radius 1 is 1.44 bits per heavy atom. The summed E-state index contributed by atoms with van der Waals surface area (Å²) in [7, 11) is -3.50. The van der Waals surface area contributed by atoms with E-state index in [9.17, 15) is 13.2 Å². The Balaban J connectivity index is 2.46. The minimum atomic E-state index is -3.50. The number of hydrogen-bond acceptors (Lipinski definition) is 5. The standard InChI is InChI=1S/C11H17NO4S2/c1-8(2)16-10(13)6-7-12-18(14,15)11-5-4-9(3)17-11/h4-5,8,12H,6-7H2,1-3H3. The van der Waals surface area contributed by atoms with Crippen LogP contribution < -0.4 is 4.72 Å². The zero-order valence-electron chi connectivity index (χ0n) is 10.6. The average Bonchev–Trinajstić information content (AvgIpc) is 2.64. The molecule has 1 heterocycles. The highest BCUT2D eigenvalue weighted by molar-refractivity contribution is 7.91. The monoisotopic (exact) mass is 291 g/mol. The predicted octanol–water partition coefficient (Wildman–Crippen LogP) is 1.68. The summed E-state index contributed by atoms with van der Waals surface area (Å²) in [5.74, 6) is -0.407. The molecule has 0 amide bonds. The maximum atomic E-state index is 11.8. The molecule has 0 aliphatic heterocycles. The van der Waals surface area contributed by atoms with Gasteiger partial charge < -0.3 is 4.74 Å². The first-order chi connectivity index (χ1) is 8.31. The Kier molecular flexibility index (Phi) is 5.30. The topological polar surface area (TPSA) is 72.5 Å². The van der Waals surface area contributed by atoms with E-state index < -0.39 is 16.0 Å². The molecule has 0 aromatic carbocycles. The summed E-state index contributed by atoms with van der Waals surface area (Å²) in [5.41, 5.74) is 0. The molecule has 102 valence electrons. The van der Waals surface area contributed by atoms with Crippen molar-refractivity contribution in [2.45, 2.75) is 37.5 Å². The SMILES string of the molecule is Cc1ccc(S(=O)(=O)NCCC(=O)OC(C)C)s1. The maximum Gasteiger partial charge on any atom is 0.307 e. The van der Waals surface area contributed by atoms with Gasteiger partial charge in [-0.3, -0.25) is 4.79 Å². The third-order valence-electron chi connectivity index (χ3n) is 1.97. The Morgan fingerprint density at radius 2 is 2.11 bits per heavy atom. The molecule has 0 radical (unpaired) electrons. The molecule has 0 saturated heterocycles. The molecule has 18 heavy (non-hydrogen) atoms. The molecule has 1 rings (SSSR count). The van der Waals surface area contributed by atoms with Crippen molar-refractivity contribution in [3.8, 4) is 0 Å². The van der Waals surface area contributed by atoms with Crippen LogP contribution in [0.2, 0.25) is 0 Å². The molecular weight excluding hydrogens is 274 g/mol. The fourth-order valence-corrected chi connectivity index (χ4v) is 3.60. The zero-order chi connectivity index (χ0) is 13.8. The first-order valence-electron chi connectivity index (χ1n) is 5.57. The number of carbonyl (C=O) groups is 1. The van der Waals surface area contributed by atoms with Crippen LogP contribution in [0.15, 0.2) is 16.3 Å². The van der Waals surface area contributed by atoms with Crippen molar-refractivity contribution >= 4 is 27.3 Å². The van der Waals surface area contributed by atoms with Gasteiger partial charge in [0.15, 0.2) is 0 Å². The van der Waals surface area contributed by atoms with Gasteiger partial charge in [-0.05, 0) is 32.9 Å². The fraction of sp³-hybridized carbons (Fsp3) is 0.545. The van der Waals surface area contributed by atoms with Gasteiger partial charge >= 0.3 is 5.97 Å². The average molecular weight is 291 g/mol. The lowest BCUT2D eigenvalue weighted by Gasteiger charge is -2.08. The third kappa shape index (κ3) is 4.75. The van der Waals surface area contributed by atoms with E-state index in [0.29, 0.717) is 0 Å². The zero-order valence-corrected chi connectivity index (χ0v) is 12.2. The number of sulfonamides is 1. The number of hydrogen-bond donors (Lipinski definition) is 1. The summed E-state index contributed by atoms with van der Waals surface area (Å²) >= 11 is 1.20. The highest BCUT2D eigenvalue weighted by Crippen LogP contribution is 2.20. The fourth-order valence-electron chi connectivity index (χ4n) is 1.24. The first-order valence-corrected chi connectivity index (χ1v) is 7.87. The molecule has 7 heteroatoms. The molecule has 0 aliphatic carbocycles. The van der Waals surface area contributed by atoms with E-state index in [1.807, 2.05) is 6.92 Å². The van der Waals surface area contributed by atoms with E-state index in [-0.39, 0.29) is 23.3 Å². The lowest BCUT2D eigenvalue weighted by Crippen LogP contribution is -2.26. The number of rotatable bonds is 6.